The quantitative estimate of drug-likeness (QED) is 0.742. The molecule has 5 nitrogen and oxygen atoms in total. The average molecular weight is 387 g/mol. The third-order valence-electron chi connectivity index (χ3n) is 5.07. The van der Waals surface area contributed by atoms with E-state index in [1.54, 1.807) is 12.4 Å². The fraction of sp³-hybridized carbons (Fsp3) is 0.381. The minimum Gasteiger partial charge on any atom is -0.465 e. The van der Waals surface area contributed by atoms with Crippen LogP contribution in [0.4, 0.5) is 4.79 Å². The van der Waals surface area contributed by atoms with Gasteiger partial charge in [0.1, 0.15) is 0 Å². The molecule has 0 spiro atoms. The second kappa shape index (κ2) is 8.09. The topological polar surface area (TPSA) is 70.5 Å². The van der Waals surface area contributed by atoms with Crippen LogP contribution in [0.25, 0.3) is 11.1 Å². The van der Waals surface area contributed by atoms with Crippen LogP contribution in [-0.4, -0.2) is 40.0 Å². The summed E-state index contributed by atoms with van der Waals surface area (Å²) in [6.07, 6.45) is 3.45. The van der Waals surface area contributed by atoms with Gasteiger partial charge in [-0.1, -0.05) is 49.7 Å². The second-order valence-corrected chi connectivity index (χ2v) is 7.66. The van der Waals surface area contributed by atoms with Crippen LogP contribution in [0.5, 0.6) is 0 Å². The zero-order valence-electron chi connectivity index (χ0n) is 15.5. The number of carbonyl (C=O) groups excluding carboxylic acids is 1. The van der Waals surface area contributed by atoms with E-state index in [2.05, 4.69) is 24.9 Å². The van der Waals surface area contributed by atoms with Gasteiger partial charge in [-0.15, -0.1) is 0 Å². The summed E-state index contributed by atoms with van der Waals surface area (Å²) in [5.41, 5.74) is 3.17. The van der Waals surface area contributed by atoms with Crippen LogP contribution < -0.4 is 0 Å². The van der Waals surface area contributed by atoms with E-state index in [-0.39, 0.29) is 18.2 Å². The van der Waals surface area contributed by atoms with Gasteiger partial charge in [-0.05, 0) is 29.9 Å². The van der Waals surface area contributed by atoms with Crippen molar-refractivity contribution >= 4 is 23.5 Å². The van der Waals surface area contributed by atoms with Crippen molar-refractivity contribution in [1.82, 2.24) is 9.88 Å². The van der Waals surface area contributed by atoms with Crippen molar-refractivity contribution < 1.29 is 14.7 Å². The molecule has 1 aromatic heterocycles. The zero-order chi connectivity index (χ0) is 19.6. The first kappa shape index (κ1) is 19.4. The van der Waals surface area contributed by atoms with Crippen molar-refractivity contribution in [3.8, 4) is 11.1 Å². The summed E-state index contributed by atoms with van der Waals surface area (Å²) in [7, 11) is 0. The monoisotopic (exact) mass is 386 g/mol. The molecule has 2 aromatic rings. The number of carbonyl (C=O) groups is 2. The molecular formula is C21H23ClN2O3. The molecule has 0 radical (unpaired) electrons. The Hall–Kier alpha value is -2.40. The first-order valence-corrected chi connectivity index (χ1v) is 9.52. The highest BCUT2D eigenvalue weighted by Crippen LogP contribution is 2.34. The molecule has 6 heteroatoms. The van der Waals surface area contributed by atoms with Crippen LogP contribution in [0.1, 0.15) is 48.5 Å². The third kappa shape index (κ3) is 4.14. The fourth-order valence-electron chi connectivity index (χ4n) is 3.55. The summed E-state index contributed by atoms with van der Waals surface area (Å²) >= 11 is 6.44. The molecule has 3 rings (SSSR count). The number of rotatable bonds is 4. The lowest BCUT2D eigenvalue weighted by atomic mass is 9.87. The molecule has 1 N–H and O–H groups in total. The van der Waals surface area contributed by atoms with Crippen molar-refractivity contribution in [2.75, 3.05) is 13.1 Å². The van der Waals surface area contributed by atoms with Crippen LogP contribution in [0, 0.1) is 5.92 Å². The van der Waals surface area contributed by atoms with E-state index in [0.717, 1.165) is 11.1 Å². The molecule has 1 fully saturated rings. The molecule has 27 heavy (non-hydrogen) atoms. The number of Topliss-reactive ketones (excluding diaryl/α,β-unsaturated/α-hetero) is 1. The van der Waals surface area contributed by atoms with Crippen LogP contribution >= 0.6 is 11.6 Å². The zero-order valence-corrected chi connectivity index (χ0v) is 16.2. The Labute approximate surface area is 164 Å². The van der Waals surface area contributed by atoms with E-state index in [0.29, 0.717) is 41.5 Å². The Kier molecular flexibility index (Phi) is 5.80. The molecule has 142 valence electrons. The number of hydrogen-bond acceptors (Lipinski definition) is 3. The van der Waals surface area contributed by atoms with Gasteiger partial charge < -0.3 is 10.0 Å². The van der Waals surface area contributed by atoms with Gasteiger partial charge in [-0.2, -0.15) is 0 Å². The molecule has 0 aliphatic carbocycles. The van der Waals surface area contributed by atoms with Crippen LogP contribution in [0.2, 0.25) is 5.02 Å². The molecule has 0 saturated carbocycles. The number of amides is 1. The van der Waals surface area contributed by atoms with E-state index in [1.807, 2.05) is 18.2 Å². The minimum absolute atomic E-state index is 0.0964. The van der Waals surface area contributed by atoms with Gasteiger partial charge in [0, 0.05) is 42.5 Å². The highest BCUT2D eigenvalue weighted by Gasteiger charge is 2.31. The maximum absolute atomic E-state index is 13.2. The summed E-state index contributed by atoms with van der Waals surface area (Å²) in [6, 6.07) is 8.00. The summed E-state index contributed by atoms with van der Waals surface area (Å²) in [6.45, 7) is 4.91. The Morgan fingerprint density at radius 1 is 1.30 bits per heavy atom. The van der Waals surface area contributed by atoms with Gasteiger partial charge in [0.05, 0.1) is 5.02 Å². The van der Waals surface area contributed by atoms with Gasteiger partial charge in [-0.25, -0.2) is 4.79 Å². The van der Waals surface area contributed by atoms with Crippen molar-refractivity contribution in [2.24, 2.45) is 5.92 Å². The number of pyridine rings is 1. The van der Waals surface area contributed by atoms with Crippen LogP contribution in [-0.2, 0) is 0 Å². The summed E-state index contributed by atoms with van der Waals surface area (Å²) < 4.78 is 0. The largest absolute Gasteiger partial charge is 0.465 e. The number of aromatic nitrogens is 1. The number of halogens is 1. The lowest BCUT2D eigenvalue weighted by Gasteiger charge is -2.30. The smallest absolute Gasteiger partial charge is 0.407 e. The highest BCUT2D eigenvalue weighted by atomic mass is 35.5. The first-order valence-electron chi connectivity index (χ1n) is 9.14. The lowest BCUT2D eigenvalue weighted by Crippen LogP contribution is -2.41. The van der Waals surface area contributed by atoms with Gasteiger partial charge in [0.15, 0.2) is 5.78 Å². The van der Waals surface area contributed by atoms with Gasteiger partial charge in [-0.3, -0.25) is 9.78 Å². The average Bonchev–Trinajstić information content (AvgIpc) is 2.67. The highest BCUT2D eigenvalue weighted by molar-refractivity contribution is 6.34. The Balaban J connectivity index is 2.00. The molecular weight excluding hydrogens is 364 g/mol. The number of carboxylic acid groups (broad SMARTS) is 1. The summed E-state index contributed by atoms with van der Waals surface area (Å²) in [5, 5.41) is 9.67. The number of hydrogen-bond donors (Lipinski definition) is 1. The molecule has 1 aliphatic heterocycles. The molecule has 1 amide bonds. The Morgan fingerprint density at radius 2 is 2.07 bits per heavy atom. The van der Waals surface area contributed by atoms with Crippen molar-refractivity contribution in [2.45, 2.75) is 32.6 Å². The normalized spacial score (nSPS) is 17.2. The van der Waals surface area contributed by atoms with E-state index in [9.17, 15) is 14.7 Å². The van der Waals surface area contributed by atoms with Gasteiger partial charge in [0.2, 0.25) is 0 Å². The molecule has 2 heterocycles. The van der Waals surface area contributed by atoms with Crippen molar-refractivity contribution in [1.29, 1.82) is 0 Å². The predicted octanol–water partition coefficient (Wildman–Crippen LogP) is 5.10. The Morgan fingerprint density at radius 3 is 2.78 bits per heavy atom. The number of ketones is 1. The van der Waals surface area contributed by atoms with Crippen LogP contribution in [0.3, 0.4) is 0 Å². The summed E-state index contributed by atoms with van der Waals surface area (Å²) in [5.74, 6) is -0.116. The number of likely N-dealkylation sites (tertiary alicyclic amines) is 1. The maximum Gasteiger partial charge on any atom is 0.407 e. The number of nitrogens with zero attached hydrogens (tertiary/aromatic N) is 2. The van der Waals surface area contributed by atoms with Crippen molar-refractivity contribution in [3.05, 3.63) is 52.8 Å². The number of benzene rings is 1. The molecule has 1 aliphatic rings. The molecule has 1 aromatic carbocycles. The van der Waals surface area contributed by atoms with Gasteiger partial charge >= 0.3 is 6.09 Å². The first-order chi connectivity index (χ1) is 12.9. The predicted molar refractivity (Wildman–Crippen MR) is 105 cm³/mol. The van der Waals surface area contributed by atoms with E-state index >= 15 is 0 Å². The van der Waals surface area contributed by atoms with E-state index < -0.39 is 6.09 Å². The Bertz CT molecular complexity index is 866. The molecule has 1 atom stereocenters. The minimum atomic E-state index is -0.985. The third-order valence-corrected chi connectivity index (χ3v) is 5.36. The van der Waals surface area contributed by atoms with Crippen molar-refractivity contribution in [3.63, 3.8) is 0 Å². The number of piperidine rings is 1. The summed E-state index contributed by atoms with van der Waals surface area (Å²) in [4.78, 5) is 29.9. The SMILES string of the molecule is CC(C)c1cccc(-c2c(Cl)cncc2C(=O)[C@@H]2CCCN(C(=O)O)C2)c1. The van der Waals surface area contributed by atoms with Crippen LogP contribution in [0.15, 0.2) is 36.7 Å². The van der Waals surface area contributed by atoms with E-state index in [1.165, 1.54) is 4.90 Å². The fourth-order valence-corrected chi connectivity index (χ4v) is 3.82. The molecule has 1 saturated heterocycles. The molecule has 0 bridgehead atoms. The van der Waals surface area contributed by atoms with Gasteiger partial charge in [0.25, 0.3) is 0 Å². The molecule has 0 unspecified atom stereocenters. The lowest BCUT2D eigenvalue weighted by molar-refractivity contribution is 0.0807. The van der Waals surface area contributed by atoms with E-state index in [4.69, 9.17) is 11.6 Å². The standard InChI is InChI=1S/C21H23ClN2O3/c1-13(2)14-5-3-6-15(9-14)19-17(10-23-11-18(19)22)20(25)16-7-4-8-24(12-16)21(26)27/h3,5-6,9-11,13,16H,4,7-8,12H2,1-2H3,(H,26,27)/t16-/m1/s1. The maximum atomic E-state index is 13.2. The second-order valence-electron chi connectivity index (χ2n) is 7.26.